The largest absolute Gasteiger partial charge is 0.494 e. The normalized spacial score (nSPS) is 15.9. The average Bonchev–Trinajstić information content (AvgIpc) is 3.23. The highest BCUT2D eigenvalue weighted by Gasteiger charge is 2.31. The van der Waals surface area contributed by atoms with Crippen LogP contribution in [0.1, 0.15) is 24.9 Å². The van der Waals surface area contributed by atoms with E-state index in [1.54, 1.807) is 36.4 Å². The van der Waals surface area contributed by atoms with E-state index >= 15 is 0 Å². The molecule has 3 aromatic rings. The highest BCUT2D eigenvalue weighted by Crippen LogP contribution is 2.40. The van der Waals surface area contributed by atoms with Crippen LogP contribution in [0.2, 0.25) is 10.0 Å². The van der Waals surface area contributed by atoms with E-state index in [9.17, 15) is 8.42 Å². The predicted molar refractivity (Wildman–Crippen MR) is 141 cm³/mol. The third-order valence-electron chi connectivity index (χ3n) is 5.30. The summed E-state index contributed by atoms with van der Waals surface area (Å²) < 4.78 is 34.4. The minimum absolute atomic E-state index is 0.0684. The fourth-order valence-corrected chi connectivity index (χ4v) is 6.21. The van der Waals surface area contributed by atoms with E-state index in [4.69, 9.17) is 33.0 Å². The van der Waals surface area contributed by atoms with Crippen LogP contribution in [0.25, 0.3) is 0 Å². The van der Waals surface area contributed by atoms with Gasteiger partial charge in [0.15, 0.2) is 0 Å². The molecule has 0 amide bonds. The quantitative estimate of drug-likeness (QED) is 0.332. The Bertz CT molecular complexity index is 1320. The van der Waals surface area contributed by atoms with Gasteiger partial charge in [-0.1, -0.05) is 47.5 Å². The van der Waals surface area contributed by atoms with Crippen LogP contribution in [0.5, 0.6) is 5.75 Å². The third kappa shape index (κ3) is 5.58. The molecule has 4 rings (SSSR count). The van der Waals surface area contributed by atoms with Gasteiger partial charge in [0.05, 0.1) is 40.5 Å². The molecule has 1 N–H and O–H groups in total. The minimum Gasteiger partial charge on any atom is -0.494 e. The molecule has 0 aromatic heterocycles. The van der Waals surface area contributed by atoms with Crippen molar-refractivity contribution in [2.24, 2.45) is 5.10 Å². The molecule has 1 heterocycles. The molecular formula is C24H22BrCl2N3O3S. The fourth-order valence-electron chi connectivity index (χ4n) is 3.70. The van der Waals surface area contributed by atoms with Gasteiger partial charge >= 0.3 is 0 Å². The molecule has 1 aliphatic heterocycles. The van der Waals surface area contributed by atoms with E-state index < -0.39 is 10.0 Å². The highest BCUT2D eigenvalue weighted by atomic mass is 79.9. The summed E-state index contributed by atoms with van der Waals surface area (Å²) >= 11 is 15.9. The topological polar surface area (TPSA) is 71.0 Å². The van der Waals surface area contributed by atoms with Gasteiger partial charge in [-0.05, 0) is 70.9 Å². The van der Waals surface area contributed by atoms with E-state index in [-0.39, 0.29) is 17.5 Å². The predicted octanol–water partition coefficient (Wildman–Crippen LogP) is 6.44. The van der Waals surface area contributed by atoms with Gasteiger partial charge in [0, 0.05) is 15.9 Å². The molecule has 0 radical (unpaired) electrons. The third-order valence-corrected chi connectivity index (χ3v) is 8.25. The lowest BCUT2D eigenvalue weighted by molar-refractivity contribution is 0.340. The maximum atomic E-state index is 12.8. The lowest BCUT2D eigenvalue weighted by Gasteiger charge is -2.25. The van der Waals surface area contributed by atoms with Crippen molar-refractivity contribution in [3.8, 4) is 5.75 Å². The second-order valence-corrected chi connectivity index (χ2v) is 11.0. The first kappa shape index (κ1) is 25.0. The number of sulfonamides is 1. The SMILES string of the molecule is CCOc1ccc(C2CC(CNS(=O)(=O)c3ccccc3Br)=NN2c2ccc(Cl)cc2Cl)cc1. The summed E-state index contributed by atoms with van der Waals surface area (Å²) in [6, 6.07) is 19.5. The van der Waals surface area contributed by atoms with Gasteiger partial charge in [0.2, 0.25) is 10.0 Å². The van der Waals surface area contributed by atoms with Crippen LogP contribution in [0.3, 0.4) is 0 Å². The van der Waals surface area contributed by atoms with Crippen LogP contribution in [-0.4, -0.2) is 27.3 Å². The van der Waals surface area contributed by atoms with Crippen LogP contribution in [-0.2, 0) is 10.0 Å². The Morgan fingerprint density at radius 2 is 1.85 bits per heavy atom. The molecule has 0 spiro atoms. The smallest absolute Gasteiger partial charge is 0.242 e. The molecule has 178 valence electrons. The number of rotatable bonds is 8. The number of halogens is 3. The molecule has 0 saturated heterocycles. The maximum absolute atomic E-state index is 12.8. The summed E-state index contributed by atoms with van der Waals surface area (Å²) in [5.41, 5.74) is 2.37. The monoisotopic (exact) mass is 581 g/mol. The van der Waals surface area contributed by atoms with Crippen LogP contribution < -0.4 is 14.5 Å². The van der Waals surface area contributed by atoms with Crippen molar-refractivity contribution in [1.82, 2.24) is 4.72 Å². The van der Waals surface area contributed by atoms with Gasteiger partial charge in [0.1, 0.15) is 5.75 Å². The molecule has 0 saturated carbocycles. The second-order valence-electron chi connectivity index (χ2n) is 7.58. The number of nitrogens with zero attached hydrogens (tertiary/aromatic N) is 2. The molecule has 6 nitrogen and oxygen atoms in total. The number of nitrogens with one attached hydrogen (secondary N) is 1. The first-order valence-electron chi connectivity index (χ1n) is 10.6. The first-order chi connectivity index (χ1) is 16.3. The van der Waals surface area contributed by atoms with Crippen LogP contribution in [0.4, 0.5) is 5.69 Å². The number of anilines is 1. The van der Waals surface area contributed by atoms with Gasteiger partial charge < -0.3 is 4.74 Å². The van der Waals surface area contributed by atoms with Gasteiger partial charge in [-0.25, -0.2) is 13.1 Å². The molecule has 34 heavy (non-hydrogen) atoms. The van der Waals surface area contributed by atoms with Crippen molar-refractivity contribution in [3.05, 3.63) is 86.8 Å². The second kappa shape index (κ2) is 10.7. The van der Waals surface area contributed by atoms with Crippen molar-refractivity contribution in [2.75, 3.05) is 18.2 Å². The Morgan fingerprint density at radius 1 is 1.12 bits per heavy atom. The average molecular weight is 583 g/mol. The number of hydrazone groups is 1. The van der Waals surface area contributed by atoms with Gasteiger partial charge in [-0.15, -0.1) is 0 Å². The molecule has 10 heteroatoms. The van der Waals surface area contributed by atoms with E-state index in [2.05, 4.69) is 20.7 Å². The summed E-state index contributed by atoms with van der Waals surface area (Å²) in [5.74, 6) is 0.780. The summed E-state index contributed by atoms with van der Waals surface area (Å²) in [7, 11) is -3.72. The lowest BCUT2D eigenvalue weighted by Crippen LogP contribution is -2.29. The minimum atomic E-state index is -3.72. The zero-order chi connectivity index (χ0) is 24.3. The molecule has 0 fully saturated rings. The number of benzene rings is 3. The van der Waals surface area contributed by atoms with E-state index in [1.165, 1.54) is 0 Å². The standard InChI is InChI=1S/C24H22BrCl2N3O3S/c1-2-33-19-10-7-16(8-11-19)23-14-18(29-30(23)22-12-9-17(26)13-21(22)27)15-28-34(31,32)24-6-4-3-5-20(24)25/h3-13,23,28H,2,14-15H2,1H3. The Kier molecular flexibility index (Phi) is 7.84. The molecule has 1 unspecified atom stereocenters. The van der Waals surface area contributed by atoms with Crippen LogP contribution >= 0.6 is 39.1 Å². The van der Waals surface area contributed by atoms with Crippen LogP contribution in [0.15, 0.2) is 81.2 Å². The number of ether oxygens (including phenoxy) is 1. The van der Waals surface area contributed by atoms with Gasteiger partial charge in [0.25, 0.3) is 0 Å². The molecular weight excluding hydrogens is 561 g/mol. The molecule has 1 atom stereocenters. The zero-order valence-electron chi connectivity index (χ0n) is 18.2. The van der Waals surface area contributed by atoms with Gasteiger partial charge in [-0.2, -0.15) is 5.10 Å². The maximum Gasteiger partial charge on any atom is 0.242 e. The van der Waals surface area contributed by atoms with Crippen LogP contribution in [0, 0.1) is 0 Å². The molecule has 1 aliphatic rings. The Labute approximate surface area is 217 Å². The van der Waals surface area contributed by atoms with Crippen molar-refractivity contribution in [1.29, 1.82) is 0 Å². The Balaban J connectivity index is 1.61. The molecule has 0 aliphatic carbocycles. The van der Waals surface area contributed by atoms with E-state index in [1.807, 2.05) is 42.3 Å². The van der Waals surface area contributed by atoms with Crippen molar-refractivity contribution in [3.63, 3.8) is 0 Å². The highest BCUT2D eigenvalue weighted by molar-refractivity contribution is 9.10. The van der Waals surface area contributed by atoms with Crippen molar-refractivity contribution >= 4 is 60.6 Å². The Morgan fingerprint density at radius 3 is 2.53 bits per heavy atom. The number of hydrogen-bond donors (Lipinski definition) is 1. The number of hydrogen-bond acceptors (Lipinski definition) is 5. The van der Waals surface area contributed by atoms with Gasteiger partial charge in [-0.3, -0.25) is 5.01 Å². The lowest BCUT2D eigenvalue weighted by atomic mass is 10.0. The Hall–Kier alpha value is -2.10. The zero-order valence-corrected chi connectivity index (χ0v) is 22.1. The molecule has 0 bridgehead atoms. The molecule has 3 aromatic carbocycles. The van der Waals surface area contributed by atoms with E-state index in [0.29, 0.717) is 38.9 Å². The summed E-state index contributed by atoms with van der Waals surface area (Å²) in [5, 5.41) is 7.54. The van der Waals surface area contributed by atoms with Crippen molar-refractivity contribution < 1.29 is 13.2 Å². The van der Waals surface area contributed by atoms with Crippen molar-refractivity contribution in [2.45, 2.75) is 24.3 Å². The summed E-state index contributed by atoms with van der Waals surface area (Å²) in [4.78, 5) is 0.175. The summed E-state index contributed by atoms with van der Waals surface area (Å²) in [6.07, 6.45) is 0.519. The van der Waals surface area contributed by atoms with E-state index in [0.717, 1.165) is 11.3 Å². The first-order valence-corrected chi connectivity index (χ1v) is 13.6. The fraction of sp³-hybridized carbons (Fsp3) is 0.208. The summed E-state index contributed by atoms with van der Waals surface area (Å²) in [6.45, 7) is 2.59.